The topological polar surface area (TPSA) is 53.4 Å². The quantitative estimate of drug-likeness (QED) is 0.745. The summed E-state index contributed by atoms with van der Waals surface area (Å²) in [6, 6.07) is 0. The van der Waals surface area contributed by atoms with Gasteiger partial charge < -0.3 is 10.2 Å². The predicted molar refractivity (Wildman–Crippen MR) is 36.7 cm³/mol. The van der Waals surface area contributed by atoms with Gasteiger partial charge in [-0.15, -0.1) is 0 Å². The van der Waals surface area contributed by atoms with E-state index in [0.717, 1.165) is 0 Å². The number of hydrogen-bond donors (Lipinski definition) is 2. The zero-order valence-corrected chi connectivity index (χ0v) is 6.34. The van der Waals surface area contributed by atoms with Gasteiger partial charge in [-0.1, -0.05) is 0 Å². The zero-order chi connectivity index (χ0) is 10.0. The van der Waals surface area contributed by atoms with Gasteiger partial charge in [-0.25, -0.2) is 13.2 Å². The first-order valence-corrected chi connectivity index (χ1v) is 3.33. The summed E-state index contributed by atoms with van der Waals surface area (Å²) in [4.78, 5) is 3.23. The molecule has 0 aromatic carbocycles. The van der Waals surface area contributed by atoms with Crippen molar-refractivity contribution in [2.45, 2.75) is 13.0 Å². The lowest BCUT2D eigenvalue weighted by Crippen LogP contribution is -2.00. The Morgan fingerprint density at radius 3 is 2.54 bits per heavy atom. The molecule has 0 aliphatic carbocycles. The summed E-state index contributed by atoms with van der Waals surface area (Å²) in [6.45, 7) is -0.786. The van der Waals surface area contributed by atoms with Gasteiger partial charge in [0.2, 0.25) is 0 Å². The van der Waals surface area contributed by atoms with Crippen molar-refractivity contribution >= 4 is 0 Å². The number of alkyl halides is 2. The van der Waals surface area contributed by atoms with E-state index in [0.29, 0.717) is 6.20 Å². The molecule has 1 aromatic rings. The van der Waals surface area contributed by atoms with Crippen LogP contribution in [-0.2, 0) is 6.61 Å². The van der Waals surface area contributed by atoms with Crippen LogP contribution in [0.15, 0.2) is 6.20 Å². The molecule has 0 amide bonds. The molecule has 0 bridgehead atoms. The van der Waals surface area contributed by atoms with E-state index in [1.807, 2.05) is 0 Å². The van der Waals surface area contributed by atoms with Crippen molar-refractivity contribution in [1.29, 1.82) is 0 Å². The summed E-state index contributed by atoms with van der Waals surface area (Å²) < 4.78 is 37.1. The normalized spacial score (nSPS) is 10.8. The Hall–Kier alpha value is -1.30. The molecule has 6 heteroatoms. The molecular weight excluding hydrogens is 187 g/mol. The minimum absolute atomic E-state index is 0.506. The van der Waals surface area contributed by atoms with Crippen LogP contribution in [0.5, 0.6) is 5.75 Å². The monoisotopic (exact) mass is 193 g/mol. The fourth-order valence-electron chi connectivity index (χ4n) is 0.851. The summed E-state index contributed by atoms with van der Waals surface area (Å²) in [7, 11) is 0. The molecule has 1 rings (SSSR count). The molecule has 0 spiro atoms. The molecule has 13 heavy (non-hydrogen) atoms. The van der Waals surface area contributed by atoms with Crippen LogP contribution in [-0.4, -0.2) is 15.2 Å². The molecule has 1 aromatic heterocycles. The van der Waals surface area contributed by atoms with Gasteiger partial charge in [0, 0.05) is 0 Å². The van der Waals surface area contributed by atoms with Crippen LogP contribution >= 0.6 is 0 Å². The van der Waals surface area contributed by atoms with E-state index in [4.69, 9.17) is 10.2 Å². The second-order valence-corrected chi connectivity index (χ2v) is 2.28. The standard InChI is InChI=1S/C7H6F3NO2/c8-6-3(2-12)11-1-4(13)5(6)7(9)10/h1,7,12-13H,2H2. The second-order valence-electron chi connectivity index (χ2n) is 2.28. The van der Waals surface area contributed by atoms with Gasteiger partial charge in [0.05, 0.1) is 18.4 Å². The molecule has 0 saturated heterocycles. The van der Waals surface area contributed by atoms with Gasteiger partial charge >= 0.3 is 0 Å². The van der Waals surface area contributed by atoms with Crippen LogP contribution in [0.2, 0.25) is 0 Å². The average Bonchev–Trinajstić information content (AvgIpc) is 2.04. The fraction of sp³-hybridized carbons (Fsp3) is 0.286. The molecule has 72 valence electrons. The van der Waals surface area contributed by atoms with Crippen molar-refractivity contribution in [3.05, 3.63) is 23.3 Å². The highest BCUT2D eigenvalue weighted by atomic mass is 19.3. The summed E-state index contributed by atoms with van der Waals surface area (Å²) in [5.74, 6) is -2.28. The smallest absolute Gasteiger partial charge is 0.270 e. The maximum atomic E-state index is 12.9. The van der Waals surface area contributed by atoms with Crippen molar-refractivity contribution in [3.8, 4) is 5.75 Å². The first-order valence-electron chi connectivity index (χ1n) is 3.33. The van der Waals surface area contributed by atoms with E-state index >= 15 is 0 Å². The van der Waals surface area contributed by atoms with Gasteiger partial charge in [-0.2, -0.15) is 0 Å². The molecule has 0 unspecified atom stereocenters. The zero-order valence-electron chi connectivity index (χ0n) is 6.34. The highest BCUT2D eigenvalue weighted by Crippen LogP contribution is 2.30. The number of aromatic nitrogens is 1. The molecule has 0 aliphatic heterocycles. The van der Waals surface area contributed by atoms with Gasteiger partial charge in [-0.3, -0.25) is 4.98 Å². The minimum atomic E-state index is -3.13. The number of aromatic hydroxyl groups is 1. The first kappa shape index (κ1) is 9.79. The van der Waals surface area contributed by atoms with E-state index in [1.54, 1.807) is 0 Å². The third kappa shape index (κ3) is 1.72. The van der Waals surface area contributed by atoms with E-state index in [-0.39, 0.29) is 0 Å². The van der Waals surface area contributed by atoms with Crippen molar-refractivity contribution in [3.63, 3.8) is 0 Å². The number of halogens is 3. The van der Waals surface area contributed by atoms with Gasteiger partial charge in [0.25, 0.3) is 6.43 Å². The fourth-order valence-corrected chi connectivity index (χ4v) is 0.851. The number of rotatable bonds is 2. The van der Waals surface area contributed by atoms with E-state index < -0.39 is 35.9 Å². The van der Waals surface area contributed by atoms with Crippen LogP contribution in [0.4, 0.5) is 13.2 Å². The Bertz CT molecular complexity index is 317. The van der Waals surface area contributed by atoms with Crippen molar-refractivity contribution in [2.75, 3.05) is 0 Å². The molecule has 0 radical (unpaired) electrons. The number of aliphatic hydroxyl groups is 1. The summed E-state index contributed by atoms with van der Waals surface area (Å²) in [5, 5.41) is 17.3. The van der Waals surface area contributed by atoms with Gasteiger partial charge in [0.1, 0.15) is 11.4 Å². The summed E-state index contributed by atoms with van der Waals surface area (Å²) in [6.07, 6.45) is -2.45. The SMILES string of the molecule is OCc1ncc(O)c(C(F)F)c1F. The molecule has 3 nitrogen and oxygen atoms in total. The van der Waals surface area contributed by atoms with Crippen molar-refractivity contribution in [1.82, 2.24) is 4.98 Å². The highest BCUT2D eigenvalue weighted by molar-refractivity contribution is 5.33. The molecule has 1 heterocycles. The van der Waals surface area contributed by atoms with Crippen molar-refractivity contribution < 1.29 is 23.4 Å². The lowest BCUT2D eigenvalue weighted by Gasteiger charge is -2.06. The van der Waals surface area contributed by atoms with E-state index in [2.05, 4.69) is 4.98 Å². The highest BCUT2D eigenvalue weighted by Gasteiger charge is 2.21. The lowest BCUT2D eigenvalue weighted by molar-refractivity contribution is 0.140. The molecular formula is C7H6F3NO2. The van der Waals surface area contributed by atoms with Gasteiger partial charge in [0.15, 0.2) is 5.82 Å². The Morgan fingerprint density at radius 1 is 1.46 bits per heavy atom. The van der Waals surface area contributed by atoms with E-state index in [1.165, 1.54) is 0 Å². The third-order valence-electron chi connectivity index (χ3n) is 1.48. The average molecular weight is 193 g/mol. The molecule has 0 fully saturated rings. The predicted octanol–water partition coefficient (Wildman–Crippen LogP) is 1.36. The lowest BCUT2D eigenvalue weighted by atomic mass is 10.2. The molecule has 0 atom stereocenters. The van der Waals surface area contributed by atoms with Crippen LogP contribution in [0.3, 0.4) is 0 Å². The summed E-state index contributed by atoms with van der Waals surface area (Å²) >= 11 is 0. The van der Waals surface area contributed by atoms with Gasteiger partial charge in [-0.05, 0) is 0 Å². The minimum Gasteiger partial charge on any atom is -0.506 e. The maximum Gasteiger partial charge on any atom is 0.270 e. The number of hydrogen-bond acceptors (Lipinski definition) is 3. The number of aliphatic hydroxyl groups excluding tert-OH is 1. The van der Waals surface area contributed by atoms with Crippen molar-refractivity contribution in [2.24, 2.45) is 0 Å². The maximum absolute atomic E-state index is 12.9. The Morgan fingerprint density at radius 2 is 2.08 bits per heavy atom. The molecule has 0 saturated carbocycles. The Kier molecular flexibility index (Phi) is 2.72. The molecule has 0 aliphatic rings. The van der Waals surface area contributed by atoms with Crippen LogP contribution in [0.25, 0.3) is 0 Å². The van der Waals surface area contributed by atoms with Crippen LogP contribution in [0.1, 0.15) is 17.7 Å². The number of pyridine rings is 1. The number of nitrogens with zero attached hydrogens (tertiary/aromatic N) is 1. The first-order chi connectivity index (χ1) is 6.07. The third-order valence-corrected chi connectivity index (χ3v) is 1.48. The van der Waals surface area contributed by atoms with Crippen LogP contribution < -0.4 is 0 Å². The van der Waals surface area contributed by atoms with Crippen LogP contribution in [0, 0.1) is 5.82 Å². The largest absolute Gasteiger partial charge is 0.506 e. The van der Waals surface area contributed by atoms with E-state index in [9.17, 15) is 13.2 Å². The second kappa shape index (κ2) is 3.61. The Labute approximate surface area is 71.5 Å². The Balaban J connectivity index is 3.30. The molecule has 2 N–H and O–H groups in total. The summed E-state index contributed by atoms with van der Waals surface area (Å²) in [5.41, 5.74) is -1.63.